The van der Waals surface area contributed by atoms with Crippen molar-refractivity contribution in [3.63, 3.8) is 0 Å². The van der Waals surface area contributed by atoms with Crippen molar-refractivity contribution >= 4 is 22.7 Å². The third-order valence-corrected chi connectivity index (χ3v) is 2.96. The van der Waals surface area contributed by atoms with Gasteiger partial charge in [0.15, 0.2) is 5.58 Å². The maximum absolute atomic E-state index is 12.0. The zero-order valence-electron chi connectivity index (χ0n) is 11.0. The monoisotopic (exact) mass is 267 g/mol. The highest BCUT2D eigenvalue weighted by Crippen LogP contribution is 2.18. The first-order valence-electron chi connectivity index (χ1n) is 6.28. The van der Waals surface area contributed by atoms with Gasteiger partial charge in [-0.1, -0.05) is 23.4 Å². The summed E-state index contributed by atoms with van der Waals surface area (Å²) in [6.07, 6.45) is 1.87. The molecule has 100 valence electrons. The van der Waals surface area contributed by atoms with Crippen LogP contribution >= 0.6 is 0 Å². The van der Waals surface area contributed by atoms with E-state index in [4.69, 9.17) is 4.52 Å². The molecule has 2 aromatic heterocycles. The quantitative estimate of drug-likeness (QED) is 0.792. The molecule has 0 radical (unpaired) electrons. The molecule has 1 amide bonds. The lowest BCUT2D eigenvalue weighted by molar-refractivity contribution is -0.115. The number of amides is 1. The maximum Gasteiger partial charge on any atom is 0.231 e. The predicted octanol–water partition coefficient (Wildman–Crippen LogP) is 2.71. The molecule has 0 atom stereocenters. The molecule has 0 aliphatic rings. The molecule has 0 unspecified atom stereocenters. The highest BCUT2D eigenvalue weighted by Gasteiger charge is 2.12. The van der Waals surface area contributed by atoms with Crippen molar-refractivity contribution < 1.29 is 9.32 Å². The van der Waals surface area contributed by atoms with Crippen LogP contribution in [0.5, 0.6) is 0 Å². The van der Waals surface area contributed by atoms with E-state index in [0.29, 0.717) is 17.1 Å². The van der Waals surface area contributed by atoms with E-state index in [1.807, 2.05) is 37.3 Å². The summed E-state index contributed by atoms with van der Waals surface area (Å²) >= 11 is 0. The number of para-hydroxylation sites is 1. The molecule has 1 aromatic carbocycles. The van der Waals surface area contributed by atoms with Gasteiger partial charge in [0.1, 0.15) is 11.5 Å². The summed E-state index contributed by atoms with van der Waals surface area (Å²) in [6.45, 7) is 1.94. The second-order valence-electron chi connectivity index (χ2n) is 4.57. The van der Waals surface area contributed by atoms with Crippen LogP contribution in [-0.4, -0.2) is 16.0 Å². The average molecular weight is 267 g/mol. The fourth-order valence-corrected chi connectivity index (χ4v) is 1.95. The number of carbonyl (C=O) groups excluding carboxylic acids is 1. The van der Waals surface area contributed by atoms with Crippen molar-refractivity contribution in [2.45, 2.75) is 13.3 Å². The number of nitrogens with zero attached hydrogens (tertiary/aromatic N) is 2. The van der Waals surface area contributed by atoms with Crippen molar-refractivity contribution in [3.8, 4) is 0 Å². The summed E-state index contributed by atoms with van der Waals surface area (Å²) in [5.41, 5.74) is 2.36. The number of hydrogen-bond acceptors (Lipinski definition) is 4. The number of aromatic nitrogens is 2. The number of benzene rings is 1. The van der Waals surface area contributed by atoms with Gasteiger partial charge in [-0.05, 0) is 30.7 Å². The standard InChI is InChI=1S/C15H13N3O2/c1-10-6-7-14(16-9-10)17-15(19)8-12-11-4-2-3-5-13(11)20-18-12/h2-7,9H,8H2,1H3,(H,16,17,19). The maximum atomic E-state index is 12.0. The summed E-state index contributed by atoms with van der Waals surface area (Å²) in [4.78, 5) is 16.1. The molecule has 2 heterocycles. The van der Waals surface area contributed by atoms with Gasteiger partial charge in [0.05, 0.1) is 6.42 Å². The van der Waals surface area contributed by atoms with Gasteiger partial charge in [0.2, 0.25) is 5.91 Å². The summed E-state index contributed by atoms with van der Waals surface area (Å²) in [6, 6.07) is 11.1. The van der Waals surface area contributed by atoms with E-state index in [0.717, 1.165) is 10.9 Å². The molecule has 5 nitrogen and oxygen atoms in total. The van der Waals surface area contributed by atoms with Crippen molar-refractivity contribution in [2.24, 2.45) is 0 Å². The van der Waals surface area contributed by atoms with Crippen molar-refractivity contribution in [3.05, 3.63) is 53.9 Å². The molecule has 0 saturated carbocycles. The summed E-state index contributed by atoms with van der Waals surface area (Å²) in [5, 5.41) is 7.54. The minimum absolute atomic E-state index is 0.159. The van der Waals surface area contributed by atoms with Gasteiger partial charge in [-0.15, -0.1) is 0 Å². The van der Waals surface area contributed by atoms with Crippen LogP contribution in [0.15, 0.2) is 47.1 Å². The molecule has 0 spiro atoms. The van der Waals surface area contributed by atoms with E-state index in [-0.39, 0.29) is 12.3 Å². The van der Waals surface area contributed by atoms with E-state index in [2.05, 4.69) is 15.5 Å². The molecule has 0 bridgehead atoms. The van der Waals surface area contributed by atoms with Gasteiger partial charge in [-0.3, -0.25) is 4.79 Å². The SMILES string of the molecule is Cc1ccc(NC(=O)Cc2noc3ccccc23)nc1. The van der Waals surface area contributed by atoms with Gasteiger partial charge in [-0.25, -0.2) is 4.98 Å². The number of anilines is 1. The average Bonchev–Trinajstić information content (AvgIpc) is 2.85. The molecule has 0 aliphatic carbocycles. The summed E-state index contributed by atoms with van der Waals surface area (Å²) < 4.78 is 5.17. The first-order valence-corrected chi connectivity index (χ1v) is 6.28. The molecule has 3 aromatic rings. The lowest BCUT2D eigenvalue weighted by Gasteiger charge is -2.03. The van der Waals surface area contributed by atoms with Crippen molar-refractivity contribution in [1.82, 2.24) is 10.1 Å². The topological polar surface area (TPSA) is 68.0 Å². The summed E-state index contributed by atoms with van der Waals surface area (Å²) in [5.74, 6) is 0.369. The fourth-order valence-electron chi connectivity index (χ4n) is 1.95. The lowest BCUT2D eigenvalue weighted by atomic mass is 10.1. The van der Waals surface area contributed by atoms with Crippen LogP contribution in [0.1, 0.15) is 11.3 Å². The Morgan fingerprint density at radius 1 is 1.25 bits per heavy atom. The van der Waals surface area contributed by atoms with E-state index in [1.165, 1.54) is 0 Å². The number of nitrogens with one attached hydrogen (secondary N) is 1. The van der Waals surface area contributed by atoms with Crippen LogP contribution < -0.4 is 5.32 Å². The van der Waals surface area contributed by atoms with Crippen LogP contribution in [0.4, 0.5) is 5.82 Å². The number of pyridine rings is 1. The van der Waals surface area contributed by atoms with E-state index >= 15 is 0 Å². The van der Waals surface area contributed by atoms with Crippen LogP contribution in [0, 0.1) is 6.92 Å². The molecule has 5 heteroatoms. The largest absolute Gasteiger partial charge is 0.356 e. The first-order chi connectivity index (χ1) is 9.72. The minimum Gasteiger partial charge on any atom is -0.356 e. The lowest BCUT2D eigenvalue weighted by Crippen LogP contribution is -2.15. The predicted molar refractivity (Wildman–Crippen MR) is 75.3 cm³/mol. The second kappa shape index (κ2) is 5.13. The van der Waals surface area contributed by atoms with E-state index in [9.17, 15) is 4.79 Å². The number of rotatable bonds is 3. The number of carbonyl (C=O) groups is 1. The van der Waals surface area contributed by atoms with Crippen LogP contribution in [0.3, 0.4) is 0 Å². The fraction of sp³-hybridized carbons (Fsp3) is 0.133. The minimum atomic E-state index is -0.166. The van der Waals surface area contributed by atoms with Crippen LogP contribution in [0.25, 0.3) is 11.0 Å². The highest BCUT2D eigenvalue weighted by atomic mass is 16.5. The Labute approximate surface area is 115 Å². The molecule has 0 aliphatic heterocycles. The third-order valence-electron chi connectivity index (χ3n) is 2.96. The molecule has 0 saturated heterocycles. The zero-order chi connectivity index (χ0) is 13.9. The van der Waals surface area contributed by atoms with Crippen LogP contribution in [0.2, 0.25) is 0 Å². The van der Waals surface area contributed by atoms with Gasteiger partial charge >= 0.3 is 0 Å². The Kier molecular flexibility index (Phi) is 3.16. The van der Waals surface area contributed by atoms with Crippen LogP contribution in [-0.2, 0) is 11.2 Å². The Bertz CT molecular complexity index is 747. The molecule has 1 N–H and O–H groups in total. The third kappa shape index (κ3) is 2.51. The van der Waals surface area contributed by atoms with Crippen molar-refractivity contribution in [1.29, 1.82) is 0 Å². The molecular weight excluding hydrogens is 254 g/mol. The molecular formula is C15H13N3O2. The second-order valence-corrected chi connectivity index (χ2v) is 4.57. The van der Waals surface area contributed by atoms with Crippen molar-refractivity contribution in [2.75, 3.05) is 5.32 Å². The zero-order valence-corrected chi connectivity index (χ0v) is 11.0. The number of fused-ring (bicyclic) bond motifs is 1. The number of hydrogen-bond donors (Lipinski definition) is 1. The smallest absolute Gasteiger partial charge is 0.231 e. The van der Waals surface area contributed by atoms with Gasteiger partial charge < -0.3 is 9.84 Å². The molecule has 3 rings (SSSR count). The Morgan fingerprint density at radius 2 is 2.10 bits per heavy atom. The normalized spacial score (nSPS) is 10.7. The van der Waals surface area contributed by atoms with Gasteiger partial charge in [0.25, 0.3) is 0 Å². The van der Waals surface area contributed by atoms with E-state index in [1.54, 1.807) is 12.3 Å². The Morgan fingerprint density at radius 3 is 2.90 bits per heavy atom. The molecule has 20 heavy (non-hydrogen) atoms. The van der Waals surface area contributed by atoms with E-state index < -0.39 is 0 Å². The first kappa shape index (κ1) is 12.3. The highest BCUT2D eigenvalue weighted by molar-refractivity contribution is 5.93. The summed E-state index contributed by atoms with van der Waals surface area (Å²) in [7, 11) is 0. The van der Waals surface area contributed by atoms with Gasteiger partial charge in [-0.2, -0.15) is 0 Å². The molecule has 0 fully saturated rings. The van der Waals surface area contributed by atoms with Gasteiger partial charge in [0, 0.05) is 11.6 Å². The Balaban J connectivity index is 1.74. The Hall–Kier alpha value is -2.69. The number of aryl methyl sites for hydroxylation is 1.